The third kappa shape index (κ3) is 3.45. The Kier molecular flexibility index (Phi) is 4.48. The van der Waals surface area contributed by atoms with E-state index in [1.54, 1.807) is 0 Å². The van der Waals surface area contributed by atoms with Crippen LogP contribution in [0.2, 0.25) is 0 Å². The number of benzene rings is 1. The van der Waals surface area contributed by atoms with E-state index in [4.69, 9.17) is 10.2 Å². The Hall–Kier alpha value is -2.14. The summed E-state index contributed by atoms with van der Waals surface area (Å²) in [5.74, 6) is 1.21. The molecule has 1 aromatic heterocycles. The summed E-state index contributed by atoms with van der Waals surface area (Å²) in [6, 6.07) is 10.3. The molecule has 0 saturated carbocycles. The summed E-state index contributed by atoms with van der Waals surface area (Å²) in [6.45, 7) is 5.51. The number of likely N-dealkylation sites (tertiary alicyclic amines) is 1. The van der Waals surface area contributed by atoms with Crippen LogP contribution < -0.4 is 5.73 Å². The van der Waals surface area contributed by atoms with Gasteiger partial charge in [0.25, 0.3) is 0 Å². The Morgan fingerprint density at radius 2 is 2.09 bits per heavy atom. The highest BCUT2D eigenvalue weighted by Crippen LogP contribution is 2.26. The van der Waals surface area contributed by atoms with Gasteiger partial charge in [-0.1, -0.05) is 18.2 Å². The number of hydrogen-bond donors (Lipinski definition) is 1. The molecule has 0 bridgehead atoms. The van der Waals surface area contributed by atoms with Crippen LogP contribution in [0.4, 0.5) is 0 Å². The van der Waals surface area contributed by atoms with Crippen molar-refractivity contribution < 1.29 is 9.21 Å². The van der Waals surface area contributed by atoms with Crippen LogP contribution in [-0.4, -0.2) is 28.4 Å². The van der Waals surface area contributed by atoms with Gasteiger partial charge in [0, 0.05) is 24.7 Å². The monoisotopic (exact) mass is 313 g/mol. The molecule has 1 fully saturated rings. The lowest BCUT2D eigenvalue weighted by molar-refractivity contribution is -0.124. The summed E-state index contributed by atoms with van der Waals surface area (Å²) in [5, 5.41) is 0. The molecule has 5 nitrogen and oxygen atoms in total. The molecule has 1 aromatic carbocycles. The molecule has 23 heavy (non-hydrogen) atoms. The van der Waals surface area contributed by atoms with E-state index in [1.165, 1.54) is 0 Å². The highest BCUT2D eigenvalue weighted by Gasteiger charge is 2.29. The first-order valence-corrected chi connectivity index (χ1v) is 8.09. The van der Waals surface area contributed by atoms with Gasteiger partial charge in [0.2, 0.25) is 11.8 Å². The van der Waals surface area contributed by atoms with Crippen molar-refractivity contribution in [2.24, 2.45) is 11.7 Å². The lowest BCUT2D eigenvalue weighted by Crippen LogP contribution is -2.45. The summed E-state index contributed by atoms with van der Waals surface area (Å²) in [6.07, 6.45) is 1.86. The van der Waals surface area contributed by atoms with Gasteiger partial charge in [-0.3, -0.25) is 9.69 Å². The smallest absolute Gasteiger partial charge is 0.226 e. The molecule has 0 aliphatic carbocycles. The Morgan fingerprint density at radius 3 is 2.78 bits per heavy atom. The largest absolute Gasteiger partial charge is 0.441 e. The van der Waals surface area contributed by atoms with Crippen LogP contribution in [0, 0.1) is 12.8 Å². The molecule has 2 aromatic rings. The van der Waals surface area contributed by atoms with E-state index in [0.717, 1.165) is 29.9 Å². The minimum Gasteiger partial charge on any atom is -0.441 e. The number of oxazole rings is 1. The van der Waals surface area contributed by atoms with E-state index in [1.807, 2.05) is 37.3 Å². The van der Waals surface area contributed by atoms with Crippen LogP contribution >= 0.6 is 0 Å². The Balaban J connectivity index is 1.77. The molecule has 1 amide bonds. The van der Waals surface area contributed by atoms with Gasteiger partial charge in [-0.15, -0.1) is 0 Å². The molecule has 2 N–H and O–H groups in total. The molecule has 0 radical (unpaired) electrons. The average Bonchev–Trinajstić information content (AvgIpc) is 2.91. The molecule has 0 spiro atoms. The van der Waals surface area contributed by atoms with Crippen molar-refractivity contribution >= 4 is 5.91 Å². The van der Waals surface area contributed by atoms with Crippen LogP contribution in [0.3, 0.4) is 0 Å². The Bertz CT molecular complexity index is 681. The average molecular weight is 313 g/mol. The van der Waals surface area contributed by atoms with E-state index in [0.29, 0.717) is 25.0 Å². The Labute approximate surface area is 136 Å². The van der Waals surface area contributed by atoms with Crippen molar-refractivity contribution in [3.63, 3.8) is 0 Å². The number of carbonyl (C=O) groups is 1. The number of nitrogens with zero attached hydrogens (tertiary/aromatic N) is 2. The summed E-state index contributed by atoms with van der Waals surface area (Å²) < 4.78 is 5.82. The highest BCUT2D eigenvalue weighted by atomic mass is 16.4. The summed E-state index contributed by atoms with van der Waals surface area (Å²) in [7, 11) is 0. The maximum Gasteiger partial charge on any atom is 0.226 e. The van der Waals surface area contributed by atoms with Crippen molar-refractivity contribution in [2.75, 3.05) is 6.54 Å². The maximum absolute atomic E-state index is 11.5. The predicted molar refractivity (Wildman–Crippen MR) is 88.5 cm³/mol. The fourth-order valence-electron chi connectivity index (χ4n) is 3.10. The number of nitrogens with two attached hydrogens (primary N) is 1. The second-order valence-electron chi connectivity index (χ2n) is 6.34. The van der Waals surface area contributed by atoms with Crippen molar-refractivity contribution in [3.05, 3.63) is 41.8 Å². The highest BCUT2D eigenvalue weighted by molar-refractivity contribution is 5.77. The number of primary amides is 1. The first-order valence-electron chi connectivity index (χ1n) is 8.09. The van der Waals surface area contributed by atoms with E-state index in [-0.39, 0.29) is 11.8 Å². The molecule has 1 saturated heterocycles. The van der Waals surface area contributed by atoms with Gasteiger partial charge in [-0.2, -0.15) is 0 Å². The second-order valence-corrected chi connectivity index (χ2v) is 6.34. The van der Waals surface area contributed by atoms with Gasteiger partial charge in [0.15, 0.2) is 0 Å². The van der Waals surface area contributed by atoms with Crippen molar-refractivity contribution in [1.82, 2.24) is 9.88 Å². The number of aryl methyl sites for hydroxylation is 1. The number of carbonyl (C=O) groups excluding carboxylic acids is 1. The molecule has 2 atom stereocenters. The first kappa shape index (κ1) is 15.7. The molecule has 122 valence electrons. The topological polar surface area (TPSA) is 72.4 Å². The fourth-order valence-corrected chi connectivity index (χ4v) is 3.10. The third-order valence-electron chi connectivity index (χ3n) is 4.68. The predicted octanol–water partition coefficient (Wildman–Crippen LogP) is 2.74. The van der Waals surface area contributed by atoms with Crippen LogP contribution in [0.25, 0.3) is 11.5 Å². The van der Waals surface area contributed by atoms with E-state index in [2.05, 4.69) is 16.8 Å². The van der Waals surface area contributed by atoms with Gasteiger partial charge in [-0.25, -0.2) is 4.98 Å². The lowest BCUT2D eigenvalue weighted by atomic mass is 9.93. The number of hydrogen-bond acceptors (Lipinski definition) is 4. The molecule has 2 heterocycles. The van der Waals surface area contributed by atoms with Crippen molar-refractivity contribution in [1.29, 1.82) is 0 Å². The molecular weight excluding hydrogens is 290 g/mol. The zero-order valence-corrected chi connectivity index (χ0v) is 13.7. The summed E-state index contributed by atoms with van der Waals surface area (Å²) in [5.41, 5.74) is 7.39. The quantitative estimate of drug-likeness (QED) is 0.942. The van der Waals surface area contributed by atoms with Crippen LogP contribution in [0.5, 0.6) is 0 Å². The molecular formula is C18H23N3O2. The first-order chi connectivity index (χ1) is 11.0. The molecule has 1 aliphatic rings. The standard InChI is InChI=1S/C18H23N3O2/c1-12-8-9-15(17(19)22)10-21(12)11-16-13(2)23-18(20-16)14-6-4-3-5-7-14/h3-7,12,15H,8-11H2,1-2H3,(H2,19,22)/t12-,15-/m1/s1. The summed E-state index contributed by atoms with van der Waals surface area (Å²) >= 11 is 0. The third-order valence-corrected chi connectivity index (χ3v) is 4.68. The molecule has 3 rings (SSSR count). The molecule has 5 heteroatoms. The normalized spacial score (nSPS) is 22.2. The van der Waals surface area contributed by atoms with Gasteiger partial charge >= 0.3 is 0 Å². The van der Waals surface area contributed by atoms with Gasteiger partial charge in [0.05, 0.1) is 11.6 Å². The van der Waals surface area contributed by atoms with Crippen LogP contribution in [0.15, 0.2) is 34.7 Å². The molecule has 1 aliphatic heterocycles. The number of amides is 1. The van der Waals surface area contributed by atoms with E-state index < -0.39 is 0 Å². The summed E-state index contributed by atoms with van der Waals surface area (Å²) in [4.78, 5) is 18.4. The lowest BCUT2D eigenvalue weighted by Gasteiger charge is -2.36. The van der Waals surface area contributed by atoms with Crippen molar-refractivity contribution in [3.8, 4) is 11.5 Å². The minimum absolute atomic E-state index is 0.0630. The van der Waals surface area contributed by atoms with E-state index in [9.17, 15) is 4.79 Å². The SMILES string of the molecule is Cc1oc(-c2ccccc2)nc1CN1C[C@H](C(N)=O)CC[C@H]1C. The van der Waals surface area contributed by atoms with Crippen LogP contribution in [0.1, 0.15) is 31.2 Å². The molecule has 0 unspecified atom stereocenters. The van der Waals surface area contributed by atoms with Gasteiger partial charge in [-0.05, 0) is 38.8 Å². The van der Waals surface area contributed by atoms with Gasteiger partial charge in [0.1, 0.15) is 5.76 Å². The number of rotatable bonds is 4. The zero-order valence-electron chi connectivity index (χ0n) is 13.7. The van der Waals surface area contributed by atoms with Crippen LogP contribution in [-0.2, 0) is 11.3 Å². The number of piperidine rings is 1. The number of aromatic nitrogens is 1. The fraction of sp³-hybridized carbons (Fsp3) is 0.444. The van der Waals surface area contributed by atoms with E-state index >= 15 is 0 Å². The zero-order chi connectivity index (χ0) is 16.4. The van der Waals surface area contributed by atoms with Gasteiger partial charge < -0.3 is 10.2 Å². The second kappa shape index (κ2) is 6.54. The Morgan fingerprint density at radius 1 is 1.35 bits per heavy atom. The van der Waals surface area contributed by atoms with Crippen molar-refractivity contribution in [2.45, 2.75) is 39.3 Å². The maximum atomic E-state index is 11.5. The minimum atomic E-state index is -0.205.